The molecule has 0 bridgehead atoms. The normalized spacial score (nSPS) is 10.2. The zero-order chi connectivity index (χ0) is 16.1. The van der Waals surface area contributed by atoms with Crippen molar-refractivity contribution in [3.63, 3.8) is 0 Å². The molecule has 0 radical (unpaired) electrons. The van der Waals surface area contributed by atoms with Crippen LogP contribution in [0.4, 0.5) is 0 Å². The van der Waals surface area contributed by atoms with E-state index in [1.165, 1.54) is 0 Å². The van der Waals surface area contributed by atoms with Crippen LogP contribution in [0.2, 0.25) is 0 Å². The van der Waals surface area contributed by atoms with Crippen LogP contribution < -0.4 is 14.2 Å². The molecule has 0 amide bonds. The lowest BCUT2D eigenvalue weighted by Gasteiger charge is -2.10. The highest BCUT2D eigenvalue weighted by atomic mass is 16.5. The van der Waals surface area contributed by atoms with E-state index in [1.807, 2.05) is 30.3 Å². The van der Waals surface area contributed by atoms with Crippen molar-refractivity contribution in [1.82, 2.24) is 9.97 Å². The second kappa shape index (κ2) is 6.79. The van der Waals surface area contributed by atoms with E-state index in [9.17, 15) is 0 Å². The summed E-state index contributed by atoms with van der Waals surface area (Å²) in [6.45, 7) is 0. The highest BCUT2D eigenvalue weighted by molar-refractivity contribution is 5.58. The first kappa shape index (κ1) is 14.8. The maximum atomic E-state index is 5.79. The molecule has 0 aliphatic carbocycles. The van der Waals surface area contributed by atoms with Gasteiger partial charge in [-0.05, 0) is 0 Å². The van der Waals surface area contributed by atoms with Gasteiger partial charge < -0.3 is 14.2 Å². The molecule has 3 rings (SSSR count). The van der Waals surface area contributed by atoms with E-state index in [4.69, 9.17) is 14.2 Å². The molecule has 0 unspecified atom stereocenters. The molecule has 0 aliphatic rings. The third-order valence-electron chi connectivity index (χ3n) is 3.23. The summed E-state index contributed by atoms with van der Waals surface area (Å²) in [5, 5.41) is 0. The van der Waals surface area contributed by atoms with Crippen LogP contribution in [0, 0.1) is 0 Å². The van der Waals surface area contributed by atoms with Crippen LogP contribution in [0.3, 0.4) is 0 Å². The largest absolute Gasteiger partial charge is 0.496 e. The number of methoxy groups -OCH3 is 2. The van der Waals surface area contributed by atoms with Crippen molar-refractivity contribution in [2.24, 2.45) is 0 Å². The van der Waals surface area contributed by atoms with Crippen molar-refractivity contribution in [2.75, 3.05) is 14.2 Å². The van der Waals surface area contributed by atoms with E-state index in [1.54, 1.807) is 44.8 Å². The summed E-state index contributed by atoms with van der Waals surface area (Å²) in [7, 11) is 3.18. The Morgan fingerprint density at radius 3 is 2.09 bits per heavy atom. The Kier molecular flexibility index (Phi) is 4.38. The Balaban J connectivity index is 1.89. The Bertz CT molecular complexity index is 769. The summed E-state index contributed by atoms with van der Waals surface area (Å²) in [6, 6.07) is 15.1. The summed E-state index contributed by atoms with van der Waals surface area (Å²) in [5.41, 5.74) is 1.73. The predicted octanol–water partition coefficient (Wildman–Crippen LogP) is 3.95. The molecule has 3 aromatic rings. The molecule has 0 atom stereocenters. The van der Waals surface area contributed by atoms with Gasteiger partial charge in [0.15, 0.2) is 0 Å². The molecule has 116 valence electrons. The molecule has 0 fully saturated rings. The van der Waals surface area contributed by atoms with Crippen molar-refractivity contribution in [1.29, 1.82) is 0 Å². The minimum Gasteiger partial charge on any atom is -0.496 e. The number of hydrogen-bond donors (Lipinski definition) is 0. The van der Waals surface area contributed by atoms with Crippen molar-refractivity contribution >= 4 is 0 Å². The molecule has 23 heavy (non-hydrogen) atoms. The lowest BCUT2D eigenvalue weighted by atomic mass is 10.2. The molecule has 1 aromatic heterocycles. The molecular formula is C18H16N2O3. The first-order chi connectivity index (χ1) is 11.3. The number of benzene rings is 2. The highest BCUT2D eigenvalue weighted by Crippen LogP contribution is 2.30. The average Bonchev–Trinajstić information content (AvgIpc) is 2.62. The molecule has 0 saturated heterocycles. The SMILES string of the molecule is COc1cc(OC)cc(Oc2cncc(-c3ccccc3)n2)c1. The maximum Gasteiger partial charge on any atom is 0.238 e. The second-order valence-electron chi connectivity index (χ2n) is 4.76. The van der Waals surface area contributed by atoms with Crippen LogP contribution >= 0.6 is 0 Å². The summed E-state index contributed by atoms with van der Waals surface area (Å²) < 4.78 is 16.3. The highest BCUT2D eigenvalue weighted by Gasteiger charge is 2.07. The van der Waals surface area contributed by atoms with Gasteiger partial charge in [0.2, 0.25) is 5.88 Å². The molecule has 5 heteroatoms. The summed E-state index contributed by atoms with van der Waals surface area (Å²) >= 11 is 0. The van der Waals surface area contributed by atoms with Gasteiger partial charge >= 0.3 is 0 Å². The van der Waals surface area contributed by atoms with Gasteiger partial charge in [0.1, 0.15) is 17.2 Å². The fourth-order valence-corrected chi connectivity index (χ4v) is 2.11. The number of aromatic nitrogens is 2. The average molecular weight is 308 g/mol. The Labute approximate surface area is 134 Å². The molecule has 0 N–H and O–H groups in total. The van der Waals surface area contributed by atoms with Crippen molar-refractivity contribution in [2.45, 2.75) is 0 Å². The van der Waals surface area contributed by atoms with Crippen molar-refractivity contribution in [3.8, 4) is 34.4 Å². The van der Waals surface area contributed by atoms with Crippen molar-refractivity contribution in [3.05, 3.63) is 60.9 Å². The maximum absolute atomic E-state index is 5.79. The van der Waals surface area contributed by atoms with Crippen LogP contribution in [0.15, 0.2) is 60.9 Å². The minimum atomic E-state index is 0.404. The van der Waals surface area contributed by atoms with E-state index >= 15 is 0 Å². The summed E-state index contributed by atoms with van der Waals surface area (Å²) in [4.78, 5) is 8.68. The number of nitrogens with zero attached hydrogens (tertiary/aromatic N) is 2. The van der Waals surface area contributed by atoms with Gasteiger partial charge in [-0.2, -0.15) is 0 Å². The molecule has 0 aliphatic heterocycles. The number of hydrogen-bond acceptors (Lipinski definition) is 5. The first-order valence-electron chi connectivity index (χ1n) is 7.07. The zero-order valence-electron chi connectivity index (χ0n) is 12.9. The lowest BCUT2D eigenvalue weighted by molar-refractivity contribution is 0.385. The molecule has 1 heterocycles. The Hall–Kier alpha value is -3.08. The van der Waals surface area contributed by atoms with Crippen LogP contribution in [-0.2, 0) is 0 Å². The lowest BCUT2D eigenvalue weighted by Crippen LogP contribution is -1.94. The van der Waals surface area contributed by atoms with Gasteiger partial charge in [0.25, 0.3) is 0 Å². The molecule has 2 aromatic carbocycles. The molecular weight excluding hydrogens is 292 g/mol. The van der Waals surface area contributed by atoms with Gasteiger partial charge in [0, 0.05) is 23.8 Å². The van der Waals surface area contributed by atoms with Gasteiger partial charge in [-0.25, -0.2) is 4.98 Å². The van der Waals surface area contributed by atoms with Crippen molar-refractivity contribution < 1.29 is 14.2 Å². The Morgan fingerprint density at radius 2 is 1.43 bits per heavy atom. The molecule has 0 saturated carbocycles. The number of ether oxygens (including phenoxy) is 3. The van der Waals surface area contributed by atoms with E-state index in [-0.39, 0.29) is 0 Å². The van der Waals surface area contributed by atoms with E-state index < -0.39 is 0 Å². The first-order valence-corrected chi connectivity index (χ1v) is 7.07. The Morgan fingerprint density at radius 1 is 0.783 bits per heavy atom. The summed E-state index contributed by atoms with van der Waals surface area (Å²) in [5.74, 6) is 2.26. The van der Waals surface area contributed by atoms with Crippen LogP contribution in [0.1, 0.15) is 0 Å². The predicted molar refractivity (Wildman–Crippen MR) is 87.1 cm³/mol. The molecule has 0 spiro atoms. The van der Waals surface area contributed by atoms with Crippen LogP contribution in [-0.4, -0.2) is 24.2 Å². The fourth-order valence-electron chi connectivity index (χ4n) is 2.11. The number of rotatable bonds is 5. The van der Waals surface area contributed by atoms with E-state index in [0.29, 0.717) is 23.1 Å². The van der Waals surface area contributed by atoms with Gasteiger partial charge in [-0.15, -0.1) is 0 Å². The fraction of sp³-hybridized carbons (Fsp3) is 0.111. The van der Waals surface area contributed by atoms with Gasteiger partial charge in [0.05, 0.1) is 32.3 Å². The second-order valence-corrected chi connectivity index (χ2v) is 4.76. The smallest absolute Gasteiger partial charge is 0.238 e. The standard InChI is InChI=1S/C18H16N2O3/c1-21-14-8-15(22-2)10-16(9-14)23-18-12-19-11-17(20-18)13-6-4-3-5-7-13/h3-12H,1-2H3. The monoisotopic (exact) mass is 308 g/mol. The topological polar surface area (TPSA) is 53.5 Å². The third kappa shape index (κ3) is 3.58. The van der Waals surface area contributed by atoms with Crippen LogP contribution in [0.5, 0.6) is 23.1 Å². The van der Waals surface area contributed by atoms with E-state index in [0.717, 1.165) is 11.3 Å². The summed E-state index contributed by atoms with van der Waals surface area (Å²) in [6.07, 6.45) is 3.27. The third-order valence-corrected chi connectivity index (χ3v) is 3.23. The molecule has 5 nitrogen and oxygen atoms in total. The zero-order valence-corrected chi connectivity index (χ0v) is 12.9. The quantitative estimate of drug-likeness (QED) is 0.714. The van der Waals surface area contributed by atoms with E-state index in [2.05, 4.69) is 9.97 Å². The van der Waals surface area contributed by atoms with Gasteiger partial charge in [-0.1, -0.05) is 30.3 Å². The van der Waals surface area contributed by atoms with Crippen LogP contribution in [0.25, 0.3) is 11.3 Å². The minimum absolute atomic E-state index is 0.404. The van der Waals surface area contributed by atoms with Gasteiger partial charge in [-0.3, -0.25) is 4.98 Å².